The van der Waals surface area contributed by atoms with Crippen molar-refractivity contribution in [2.24, 2.45) is 0 Å². The zero-order valence-electron chi connectivity index (χ0n) is 15.3. The normalized spacial score (nSPS) is 20.8. The van der Waals surface area contributed by atoms with Gasteiger partial charge in [-0.2, -0.15) is 0 Å². The van der Waals surface area contributed by atoms with Crippen LogP contribution in [-0.4, -0.2) is 73.7 Å². The Kier molecular flexibility index (Phi) is 6.46. The number of amides is 2. The van der Waals surface area contributed by atoms with Crippen molar-refractivity contribution in [2.75, 3.05) is 46.0 Å². The molecule has 2 heterocycles. The Hall–Kier alpha value is -2.12. The lowest BCUT2D eigenvalue weighted by atomic mass is 10.2. The molecule has 2 saturated heterocycles. The second-order valence-corrected chi connectivity index (χ2v) is 6.85. The maximum atomic E-state index is 12.1. The lowest BCUT2D eigenvalue weighted by Crippen LogP contribution is -2.42. The average Bonchev–Trinajstić information content (AvgIpc) is 3.07. The van der Waals surface area contributed by atoms with Gasteiger partial charge in [0.05, 0.1) is 13.2 Å². The van der Waals surface area contributed by atoms with Gasteiger partial charge in [0.2, 0.25) is 5.91 Å². The van der Waals surface area contributed by atoms with Crippen LogP contribution in [-0.2, 0) is 20.9 Å². The summed E-state index contributed by atoms with van der Waals surface area (Å²) >= 11 is 0. The van der Waals surface area contributed by atoms with Crippen LogP contribution in [0.1, 0.15) is 18.9 Å². The molecule has 1 aromatic carbocycles. The van der Waals surface area contributed by atoms with Gasteiger partial charge in [-0.3, -0.25) is 14.5 Å². The second-order valence-electron chi connectivity index (χ2n) is 6.85. The van der Waals surface area contributed by atoms with Crippen molar-refractivity contribution >= 4 is 11.8 Å². The number of morpholine rings is 1. The van der Waals surface area contributed by atoms with Gasteiger partial charge in [0.25, 0.3) is 5.91 Å². The van der Waals surface area contributed by atoms with Gasteiger partial charge >= 0.3 is 0 Å². The number of carbonyl (C=O) groups excluding carboxylic acids is 2. The molecule has 0 bridgehead atoms. The minimum atomic E-state index is -0.00143. The van der Waals surface area contributed by atoms with Gasteiger partial charge in [-0.05, 0) is 24.1 Å². The molecule has 0 aromatic heterocycles. The van der Waals surface area contributed by atoms with Gasteiger partial charge in [0, 0.05) is 45.7 Å². The summed E-state index contributed by atoms with van der Waals surface area (Å²) in [5.74, 6) is 0.733. The molecule has 0 aliphatic carbocycles. The summed E-state index contributed by atoms with van der Waals surface area (Å²) < 4.78 is 10.9. The standard InChI is InChI=1S/C19H27N3O4/c1-15(23)20-17-6-7-21(13-17)12-16-2-4-18(5-3-16)26-14-19(24)22-8-10-25-11-9-22/h2-5,17H,6-14H2,1H3,(H,20,23). The molecular weight excluding hydrogens is 334 g/mol. The number of carbonyl (C=O) groups is 2. The van der Waals surface area contributed by atoms with Crippen LogP contribution in [0.15, 0.2) is 24.3 Å². The predicted octanol–water partition coefficient (Wildman–Crippen LogP) is 0.635. The molecule has 142 valence electrons. The Labute approximate surface area is 154 Å². The highest BCUT2D eigenvalue weighted by Crippen LogP contribution is 2.17. The number of nitrogens with one attached hydrogen (secondary N) is 1. The van der Waals surface area contributed by atoms with E-state index in [-0.39, 0.29) is 24.5 Å². The molecule has 7 heteroatoms. The largest absolute Gasteiger partial charge is 0.484 e. The molecule has 2 fully saturated rings. The summed E-state index contributed by atoms with van der Waals surface area (Å²) in [4.78, 5) is 27.3. The number of nitrogens with zero attached hydrogens (tertiary/aromatic N) is 2. The summed E-state index contributed by atoms with van der Waals surface area (Å²) in [7, 11) is 0. The molecular formula is C19H27N3O4. The highest BCUT2D eigenvalue weighted by atomic mass is 16.5. The fourth-order valence-electron chi connectivity index (χ4n) is 3.38. The predicted molar refractivity (Wildman–Crippen MR) is 96.8 cm³/mol. The van der Waals surface area contributed by atoms with E-state index in [4.69, 9.17) is 9.47 Å². The highest BCUT2D eigenvalue weighted by molar-refractivity contribution is 5.77. The zero-order valence-corrected chi connectivity index (χ0v) is 15.3. The summed E-state index contributed by atoms with van der Waals surface area (Å²) in [5.41, 5.74) is 1.19. The molecule has 1 unspecified atom stereocenters. The number of rotatable bonds is 6. The molecule has 0 spiro atoms. The van der Waals surface area contributed by atoms with E-state index in [9.17, 15) is 9.59 Å². The van der Waals surface area contributed by atoms with Gasteiger partial charge in [0.1, 0.15) is 5.75 Å². The zero-order chi connectivity index (χ0) is 18.4. The van der Waals surface area contributed by atoms with E-state index in [0.29, 0.717) is 32.1 Å². The maximum Gasteiger partial charge on any atom is 0.260 e. The molecule has 7 nitrogen and oxygen atoms in total. The molecule has 0 radical (unpaired) electrons. The van der Waals surface area contributed by atoms with E-state index in [1.807, 2.05) is 24.3 Å². The van der Waals surface area contributed by atoms with Gasteiger partial charge in [0.15, 0.2) is 6.61 Å². The molecule has 1 N–H and O–H groups in total. The van der Waals surface area contributed by atoms with E-state index >= 15 is 0 Å². The van der Waals surface area contributed by atoms with Crippen molar-refractivity contribution in [3.8, 4) is 5.75 Å². The van der Waals surface area contributed by atoms with E-state index in [2.05, 4.69) is 10.2 Å². The first-order valence-corrected chi connectivity index (χ1v) is 9.17. The number of likely N-dealkylation sites (tertiary alicyclic amines) is 1. The van der Waals surface area contributed by atoms with Crippen molar-refractivity contribution in [1.82, 2.24) is 15.1 Å². The van der Waals surface area contributed by atoms with Crippen molar-refractivity contribution in [3.05, 3.63) is 29.8 Å². The smallest absolute Gasteiger partial charge is 0.260 e. The third-order valence-corrected chi connectivity index (χ3v) is 4.74. The molecule has 2 amide bonds. The Morgan fingerprint density at radius 2 is 1.92 bits per heavy atom. The Balaban J connectivity index is 1.42. The highest BCUT2D eigenvalue weighted by Gasteiger charge is 2.22. The topological polar surface area (TPSA) is 71.1 Å². The maximum absolute atomic E-state index is 12.1. The molecule has 2 aliphatic heterocycles. The second kappa shape index (κ2) is 9.00. The van der Waals surface area contributed by atoms with Crippen LogP contribution in [0.5, 0.6) is 5.75 Å². The van der Waals surface area contributed by atoms with Gasteiger partial charge in [-0.15, -0.1) is 0 Å². The van der Waals surface area contributed by atoms with Crippen LogP contribution in [0.3, 0.4) is 0 Å². The fourth-order valence-corrected chi connectivity index (χ4v) is 3.38. The third kappa shape index (κ3) is 5.44. The first-order valence-electron chi connectivity index (χ1n) is 9.17. The average molecular weight is 361 g/mol. The first kappa shape index (κ1) is 18.7. The molecule has 1 atom stereocenters. The van der Waals surface area contributed by atoms with Crippen LogP contribution in [0.25, 0.3) is 0 Å². The number of hydrogen-bond donors (Lipinski definition) is 1. The summed E-state index contributed by atoms with van der Waals surface area (Å²) in [6.07, 6.45) is 0.991. The Bertz CT molecular complexity index is 614. The van der Waals surface area contributed by atoms with E-state index in [0.717, 1.165) is 26.1 Å². The minimum absolute atomic E-state index is 0.00143. The molecule has 26 heavy (non-hydrogen) atoms. The lowest BCUT2D eigenvalue weighted by molar-refractivity contribution is -0.137. The van der Waals surface area contributed by atoms with Crippen molar-refractivity contribution in [1.29, 1.82) is 0 Å². The van der Waals surface area contributed by atoms with Gasteiger partial charge in [-0.1, -0.05) is 12.1 Å². The van der Waals surface area contributed by atoms with Crippen molar-refractivity contribution in [3.63, 3.8) is 0 Å². The quantitative estimate of drug-likeness (QED) is 0.805. The van der Waals surface area contributed by atoms with Crippen LogP contribution in [0.2, 0.25) is 0 Å². The molecule has 0 saturated carbocycles. The monoisotopic (exact) mass is 361 g/mol. The SMILES string of the molecule is CC(=O)NC1CCN(Cc2ccc(OCC(=O)N3CCOCC3)cc2)C1. The third-order valence-electron chi connectivity index (χ3n) is 4.74. The minimum Gasteiger partial charge on any atom is -0.484 e. The van der Waals surface area contributed by atoms with Crippen molar-refractivity contribution < 1.29 is 19.1 Å². The number of benzene rings is 1. The van der Waals surface area contributed by atoms with E-state index in [1.165, 1.54) is 5.56 Å². The van der Waals surface area contributed by atoms with Crippen LogP contribution in [0.4, 0.5) is 0 Å². The van der Waals surface area contributed by atoms with E-state index in [1.54, 1.807) is 11.8 Å². The summed E-state index contributed by atoms with van der Waals surface area (Å²) in [5, 5.41) is 2.98. The van der Waals surface area contributed by atoms with Crippen LogP contribution < -0.4 is 10.1 Å². The van der Waals surface area contributed by atoms with Crippen LogP contribution in [0, 0.1) is 0 Å². The summed E-state index contributed by atoms with van der Waals surface area (Å²) in [6.45, 7) is 6.80. The molecule has 1 aromatic rings. The number of ether oxygens (including phenoxy) is 2. The first-order chi connectivity index (χ1) is 12.6. The van der Waals surface area contributed by atoms with Gasteiger partial charge in [-0.25, -0.2) is 0 Å². The Morgan fingerprint density at radius 1 is 1.19 bits per heavy atom. The molecule has 3 rings (SSSR count). The van der Waals surface area contributed by atoms with Gasteiger partial charge < -0.3 is 19.7 Å². The van der Waals surface area contributed by atoms with Crippen LogP contribution >= 0.6 is 0 Å². The fraction of sp³-hybridized carbons (Fsp3) is 0.579. The summed E-state index contributed by atoms with van der Waals surface area (Å²) in [6, 6.07) is 8.12. The van der Waals surface area contributed by atoms with Crippen molar-refractivity contribution in [2.45, 2.75) is 25.9 Å². The lowest BCUT2D eigenvalue weighted by Gasteiger charge is -2.26. The molecule has 2 aliphatic rings. The Morgan fingerprint density at radius 3 is 2.62 bits per heavy atom. The van der Waals surface area contributed by atoms with E-state index < -0.39 is 0 Å². The number of hydrogen-bond acceptors (Lipinski definition) is 5.